The first-order valence-electron chi connectivity index (χ1n) is 11.7. The predicted molar refractivity (Wildman–Crippen MR) is 133 cm³/mol. The maximum absolute atomic E-state index is 11.6. The van der Waals surface area contributed by atoms with Gasteiger partial charge >= 0.3 is 0 Å². The quantitative estimate of drug-likeness (QED) is 0.400. The minimum atomic E-state index is 0.128. The highest BCUT2D eigenvalue weighted by atomic mass is 16.5. The maximum Gasteiger partial charge on any atom is 0.219 e. The number of fused-ring (bicyclic) bond motifs is 1. The summed E-state index contributed by atoms with van der Waals surface area (Å²) in [4.78, 5) is 17.9. The van der Waals surface area contributed by atoms with E-state index in [1.165, 1.54) is 0 Å². The second kappa shape index (κ2) is 9.79. The van der Waals surface area contributed by atoms with Crippen molar-refractivity contribution in [1.29, 1.82) is 0 Å². The van der Waals surface area contributed by atoms with Gasteiger partial charge in [0.1, 0.15) is 18.1 Å². The van der Waals surface area contributed by atoms with Crippen LogP contribution in [0.4, 0.5) is 5.82 Å². The number of nitrogen functional groups attached to an aromatic ring is 1. The zero-order chi connectivity index (χ0) is 24.4. The van der Waals surface area contributed by atoms with E-state index in [9.17, 15) is 4.79 Å². The number of hydrogen-bond donors (Lipinski definition) is 1. The molecule has 0 spiro atoms. The van der Waals surface area contributed by atoms with Crippen LogP contribution in [0.3, 0.4) is 0 Å². The summed E-state index contributed by atoms with van der Waals surface area (Å²) in [5.74, 6) is 1.89. The van der Waals surface area contributed by atoms with E-state index in [0.29, 0.717) is 30.4 Å². The number of nitrogens with zero attached hydrogens (tertiary/aromatic N) is 4. The molecular weight excluding hydrogens is 446 g/mol. The van der Waals surface area contributed by atoms with Crippen molar-refractivity contribution in [2.24, 2.45) is 0 Å². The zero-order valence-corrected chi connectivity index (χ0v) is 19.9. The Labute approximate surface area is 203 Å². The van der Waals surface area contributed by atoms with Gasteiger partial charge in [-0.15, -0.1) is 0 Å². The van der Waals surface area contributed by atoms with Crippen molar-refractivity contribution in [2.45, 2.75) is 25.8 Å². The molecule has 1 fully saturated rings. The molecule has 1 aliphatic rings. The number of rotatable bonds is 7. The van der Waals surface area contributed by atoms with Crippen LogP contribution in [0.15, 0.2) is 53.3 Å². The fourth-order valence-corrected chi connectivity index (χ4v) is 4.52. The van der Waals surface area contributed by atoms with Crippen LogP contribution >= 0.6 is 0 Å². The lowest BCUT2D eigenvalue weighted by Gasteiger charge is -2.31. The molecular formula is C26H29N5O4. The van der Waals surface area contributed by atoms with E-state index in [4.69, 9.17) is 19.6 Å². The Morgan fingerprint density at radius 1 is 1.17 bits per heavy atom. The molecule has 4 aromatic rings. The number of carbonyl (C=O) groups excluding carboxylic acids is 1. The number of benzene rings is 1. The molecule has 0 radical (unpaired) electrons. The van der Waals surface area contributed by atoms with Crippen LogP contribution in [-0.2, 0) is 9.53 Å². The molecule has 0 saturated carbocycles. The second-order valence-corrected chi connectivity index (χ2v) is 8.73. The summed E-state index contributed by atoms with van der Waals surface area (Å²) in [6.07, 6.45) is 7.42. The van der Waals surface area contributed by atoms with Gasteiger partial charge in [0.15, 0.2) is 11.4 Å². The first-order chi connectivity index (χ1) is 17.0. The normalized spacial score (nSPS) is 14.5. The summed E-state index contributed by atoms with van der Waals surface area (Å²) in [5.41, 5.74) is 9.45. The molecule has 1 aromatic carbocycles. The van der Waals surface area contributed by atoms with Crippen molar-refractivity contribution < 1.29 is 18.7 Å². The van der Waals surface area contributed by atoms with Gasteiger partial charge < -0.3 is 24.5 Å². The van der Waals surface area contributed by atoms with Crippen LogP contribution in [-0.4, -0.2) is 59.0 Å². The number of furan rings is 1. The molecule has 182 valence electrons. The highest BCUT2D eigenvalue weighted by molar-refractivity contribution is 6.00. The van der Waals surface area contributed by atoms with Crippen molar-refractivity contribution in [2.75, 3.05) is 39.1 Å². The molecule has 0 aliphatic carbocycles. The van der Waals surface area contributed by atoms with Gasteiger partial charge in [-0.05, 0) is 31.0 Å². The van der Waals surface area contributed by atoms with Gasteiger partial charge in [-0.25, -0.2) is 4.98 Å². The zero-order valence-electron chi connectivity index (χ0n) is 19.9. The second-order valence-electron chi connectivity index (χ2n) is 8.73. The molecule has 0 atom stereocenters. The highest BCUT2D eigenvalue weighted by Gasteiger charge is 2.23. The summed E-state index contributed by atoms with van der Waals surface area (Å²) in [6, 6.07) is 9.97. The third-order valence-corrected chi connectivity index (χ3v) is 6.46. The molecule has 5 rings (SSSR count). The van der Waals surface area contributed by atoms with E-state index < -0.39 is 0 Å². The fraction of sp³-hybridized carbons (Fsp3) is 0.346. The molecule has 9 heteroatoms. The third kappa shape index (κ3) is 4.72. The Morgan fingerprint density at radius 3 is 2.77 bits per heavy atom. The number of anilines is 1. The summed E-state index contributed by atoms with van der Waals surface area (Å²) < 4.78 is 18.9. The van der Waals surface area contributed by atoms with Crippen molar-refractivity contribution in [1.82, 2.24) is 19.7 Å². The van der Waals surface area contributed by atoms with Crippen molar-refractivity contribution in [3.8, 4) is 28.2 Å². The highest BCUT2D eigenvalue weighted by Crippen LogP contribution is 2.37. The lowest BCUT2D eigenvalue weighted by Crippen LogP contribution is -2.37. The van der Waals surface area contributed by atoms with Gasteiger partial charge in [0.25, 0.3) is 0 Å². The fourth-order valence-electron chi connectivity index (χ4n) is 4.52. The summed E-state index contributed by atoms with van der Waals surface area (Å²) in [5, 5.41) is 5.50. The van der Waals surface area contributed by atoms with Crippen molar-refractivity contribution in [3.05, 3.63) is 48.9 Å². The average Bonchev–Trinajstić information content (AvgIpc) is 3.54. The number of carbonyl (C=O) groups is 1. The SMILES string of the molecule is COCCOc1cccc(-c2cc3c(-c4cnn(C5CCN(C(C)=O)CC5)c4)cnc(N)c3o2)c1. The van der Waals surface area contributed by atoms with E-state index in [0.717, 1.165) is 53.8 Å². The molecule has 2 N–H and O–H groups in total. The largest absolute Gasteiger partial charge is 0.491 e. The minimum Gasteiger partial charge on any atom is -0.491 e. The Bertz CT molecular complexity index is 1340. The van der Waals surface area contributed by atoms with E-state index in [1.54, 1.807) is 20.2 Å². The molecule has 35 heavy (non-hydrogen) atoms. The van der Waals surface area contributed by atoms with Gasteiger partial charge in [0.05, 0.1) is 18.8 Å². The molecule has 0 unspecified atom stereocenters. The van der Waals surface area contributed by atoms with Crippen molar-refractivity contribution in [3.63, 3.8) is 0 Å². The Balaban J connectivity index is 1.43. The van der Waals surface area contributed by atoms with Gasteiger partial charge in [0, 0.05) is 61.6 Å². The molecule has 4 heterocycles. The summed E-state index contributed by atoms with van der Waals surface area (Å²) in [6.45, 7) is 4.11. The maximum atomic E-state index is 11.6. The van der Waals surface area contributed by atoms with Crippen LogP contribution in [0.25, 0.3) is 33.4 Å². The third-order valence-electron chi connectivity index (χ3n) is 6.46. The lowest BCUT2D eigenvalue weighted by molar-refractivity contribution is -0.130. The van der Waals surface area contributed by atoms with Crippen LogP contribution in [0.1, 0.15) is 25.8 Å². The molecule has 3 aromatic heterocycles. The Kier molecular flexibility index (Phi) is 6.41. The van der Waals surface area contributed by atoms with Gasteiger partial charge in [-0.3, -0.25) is 9.48 Å². The van der Waals surface area contributed by atoms with Gasteiger partial charge in [-0.2, -0.15) is 5.10 Å². The Morgan fingerprint density at radius 2 is 2.00 bits per heavy atom. The van der Waals surface area contributed by atoms with Crippen LogP contribution in [0.2, 0.25) is 0 Å². The molecule has 1 saturated heterocycles. The number of likely N-dealkylation sites (tertiary alicyclic amines) is 1. The summed E-state index contributed by atoms with van der Waals surface area (Å²) in [7, 11) is 1.64. The number of ether oxygens (including phenoxy) is 2. The molecule has 1 aliphatic heterocycles. The lowest BCUT2D eigenvalue weighted by atomic mass is 10.0. The molecule has 1 amide bonds. The first kappa shape index (κ1) is 22.9. The first-order valence-corrected chi connectivity index (χ1v) is 11.7. The smallest absolute Gasteiger partial charge is 0.219 e. The number of piperidine rings is 1. The average molecular weight is 476 g/mol. The summed E-state index contributed by atoms with van der Waals surface area (Å²) >= 11 is 0. The number of methoxy groups -OCH3 is 1. The van der Waals surface area contributed by atoms with Crippen LogP contribution in [0.5, 0.6) is 5.75 Å². The Hall–Kier alpha value is -3.85. The van der Waals surface area contributed by atoms with Crippen LogP contribution in [0, 0.1) is 0 Å². The van der Waals surface area contributed by atoms with Gasteiger partial charge in [-0.1, -0.05) is 12.1 Å². The van der Waals surface area contributed by atoms with E-state index >= 15 is 0 Å². The minimum absolute atomic E-state index is 0.128. The predicted octanol–water partition coefficient (Wildman–Crippen LogP) is 4.15. The van der Waals surface area contributed by atoms with E-state index in [1.807, 2.05) is 52.3 Å². The van der Waals surface area contributed by atoms with E-state index in [2.05, 4.69) is 10.1 Å². The molecule has 9 nitrogen and oxygen atoms in total. The van der Waals surface area contributed by atoms with E-state index in [-0.39, 0.29) is 11.9 Å². The number of hydrogen-bond acceptors (Lipinski definition) is 7. The number of pyridine rings is 1. The monoisotopic (exact) mass is 475 g/mol. The topological polar surface area (TPSA) is 109 Å². The van der Waals surface area contributed by atoms with Gasteiger partial charge in [0.2, 0.25) is 5.91 Å². The number of amides is 1. The van der Waals surface area contributed by atoms with Crippen molar-refractivity contribution >= 4 is 22.7 Å². The number of nitrogens with two attached hydrogens (primary N) is 1. The molecule has 0 bridgehead atoms. The standard InChI is InChI=1S/C26H29N5O4/c1-17(32)30-8-6-20(7-9-30)31-16-19(14-29-31)23-15-28-26(27)25-22(23)13-24(35-25)18-4-3-5-21(12-18)34-11-10-33-2/h3-5,12-16,20H,6-11H2,1-2H3,(H2,27,28). The van der Waals surface area contributed by atoms with Crippen LogP contribution < -0.4 is 10.5 Å². The number of aromatic nitrogens is 3.